The highest BCUT2D eigenvalue weighted by Gasteiger charge is 2.07. The van der Waals surface area contributed by atoms with Gasteiger partial charge >= 0.3 is 0 Å². The molecule has 0 spiro atoms. The molecule has 0 aromatic heterocycles. The van der Waals surface area contributed by atoms with Crippen LogP contribution < -0.4 is 5.32 Å². The summed E-state index contributed by atoms with van der Waals surface area (Å²) >= 11 is 8.24. The molecule has 2 nitrogen and oxygen atoms in total. The van der Waals surface area contributed by atoms with E-state index in [1.807, 2.05) is 54.6 Å². The maximum atomic E-state index is 9.20. The number of benzene rings is 3. The minimum absolute atomic E-state index is 0.682. The van der Waals surface area contributed by atoms with Gasteiger partial charge in [-0.3, -0.25) is 0 Å². The molecule has 3 rings (SSSR count). The Balaban J connectivity index is 2.12. The van der Waals surface area contributed by atoms with Crippen LogP contribution in [-0.4, -0.2) is 0 Å². The van der Waals surface area contributed by atoms with Crippen LogP contribution in [0.4, 0.5) is 11.4 Å². The van der Waals surface area contributed by atoms with Crippen LogP contribution in [0.3, 0.4) is 0 Å². The molecule has 1 N–H and O–H groups in total. The minimum atomic E-state index is 0.682. The molecule has 0 amide bonds. The van der Waals surface area contributed by atoms with E-state index in [2.05, 4.69) is 34.0 Å². The van der Waals surface area contributed by atoms with Crippen molar-refractivity contribution in [3.8, 4) is 6.07 Å². The lowest BCUT2D eigenvalue weighted by Crippen LogP contribution is -1.95. The van der Waals surface area contributed by atoms with Crippen molar-refractivity contribution in [1.29, 1.82) is 5.26 Å². The first-order valence-electron chi connectivity index (χ1n) is 6.33. The van der Waals surface area contributed by atoms with Gasteiger partial charge in [-0.05, 0) is 52.9 Å². The zero-order chi connectivity index (χ0) is 14.8. The smallest absolute Gasteiger partial charge is 0.0998 e. The fraction of sp³-hybridized carbons (Fsp3) is 0. The predicted molar refractivity (Wildman–Crippen MR) is 96.1 cm³/mol. The van der Waals surface area contributed by atoms with Crippen LogP contribution in [0.1, 0.15) is 5.56 Å². The van der Waals surface area contributed by atoms with Gasteiger partial charge in [-0.2, -0.15) is 5.26 Å². The Labute approximate surface area is 141 Å². The third-order valence-electron chi connectivity index (χ3n) is 3.24. The van der Waals surface area contributed by atoms with E-state index in [0.717, 1.165) is 30.7 Å². The highest BCUT2D eigenvalue weighted by molar-refractivity contribution is 14.1. The third kappa shape index (κ3) is 2.82. The summed E-state index contributed by atoms with van der Waals surface area (Å²) in [5.74, 6) is 0. The molecule has 0 aliphatic rings. The van der Waals surface area contributed by atoms with Crippen molar-refractivity contribution in [3.05, 3.63) is 68.8 Å². The van der Waals surface area contributed by atoms with Crippen molar-refractivity contribution in [1.82, 2.24) is 0 Å². The topological polar surface area (TPSA) is 35.8 Å². The molecule has 0 unspecified atom stereocenters. The number of nitrogens with one attached hydrogen (secondary N) is 1. The van der Waals surface area contributed by atoms with Crippen molar-refractivity contribution in [2.75, 3.05) is 5.32 Å². The van der Waals surface area contributed by atoms with Gasteiger partial charge in [-0.15, -0.1) is 0 Å². The van der Waals surface area contributed by atoms with E-state index in [0.29, 0.717) is 5.56 Å². The zero-order valence-electron chi connectivity index (χ0n) is 10.9. The number of anilines is 2. The molecular weight excluding hydrogens is 395 g/mol. The second-order valence-corrected chi connectivity index (χ2v) is 6.17. The van der Waals surface area contributed by atoms with E-state index in [1.54, 1.807) is 0 Å². The monoisotopic (exact) mass is 404 g/mol. The summed E-state index contributed by atoms with van der Waals surface area (Å²) in [5, 5.41) is 15.3. The lowest BCUT2D eigenvalue weighted by Gasteiger charge is -2.12. The summed E-state index contributed by atoms with van der Waals surface area (Å²) in [5.41, 5.74) is 2.65. The number of nitriles is 1. The molecule has 0 radical (unpaired) electrons. The van der Waals surface area contributed by atoms with Crippen LogP contribution in [0, 0.1) is 14.9 Å². The van der Waals surface area contributed by atoms with E-state index in [1.165, 1.54) is 0 Å². The first kappa shape index (κ1) is 14.2. The van der Waals surface area contributed by atoms with E-state index in [-0.39, 0.29) is 0 Å². The molecule has 4 heteroatoms. The molecule has 3 aromatic carbocycles. The van der Waals surface area contributed by atoms with Gasteiger partial charge in [0.1, 0.15) is 0 Å². The van der Waals surface area contributed by atoms with Gasteiger partial charge in [0.05, 0.1) is 17.3 Å². The van der Waals surface area contributed by atoms with Crippen molar-refractivity contribution < 1.29 is 0 Å². The molecule has 0 saturated carbocycles. The maximum absolute atomic E-state index is 9.20. The Bertz CT molecular complexity index is 868. The van der Waals surface area contributed by atoms with Crippen LogP contribution in [0.5, 0.6) is 0 Å². The molecule has 0 aliphatic carbocycles. The van der Waals surface area contributed by atoms with Crippen molar-refractivity contribution in [2.45, 2.75) is 0 Å². The summed E-state index contributed by atoms with van der Waals surface area (Å²) in [4.78, 5) is 0. The summed E-state index contributed by atoms with van der Waals surface area (Å²) < 4.78 is 1.05. The Morgan fingerprint density at radius 1 is 0.952 bits per heavy atom. The van der Waals surface area contributed by atoms with Crippen molar-refractivity contribution in [2.24, 2.45) is 0 Å². The van der Waals surface area contributed by atoms with E-state index in [9.17, 15) is 5.26 Å². The summed E-state index contributed by atoms with van der Waals surface area (Å²) in [6.45, 7) is 0. The lowest BCUT2D eigenvalue weighted by atomic mass is 10.0. The lowest BCUT2D eigenvalue weighted by molar-refractivity contribution is 1.49. The normalized spacial score (nSPS) is 10.3. The molecule has 21 heavy (non-hydrogen) atoms. The molecule has 102 valence electrons. The number of nitrogens with zero attached hydrogens (tertiary/aromatic N) is 1. The van der Waals surface area contributed by atoms with Crippen LogP contribution in [-0.2, 0) is 0 Å². The van der Waals surface area contributed by atoms with Gasteiger partial charge in [0, 0.05) is 25.1 Å². The number of fused-ring (bicyclic) bond motifs is 1. The number of hydrogen-bond acceptors (Lipinski definition) is 2. The first-order valence-corrected chi connectivity index (χ1v) is 7.78. The van der Waals surface area contributed by atoms with Crippen LogP contribution >= 0.6 is 34.2 Å². The molecule has 0 bridgehead atoms. The Morgan fingerprint density at radius 3 is 2.38 bits per heavy atom. The van der Waals surface area contributed by atoms with Gasteiger partial charge in [0.25, 0.3) is 0 Å². The fourth-order valence-electron chi connectivity index (χ4n) is 2.24. The number of rotatable bonds is 2. The average Bonchev–Trinajstić information content (AvgIpc) is 2.50. The first-order chi connectivity index (χ1) is 10.2. The van der Waals surface area contributed by atoms with E-state index >= 15 is 0 Å². The average molecular weight is 405 g/mol. The van der Waals surface area contributed by atoms with Crippen LogP contribution in [0.25, 0.3) is 10.8 Å². The van der Waals surface area contributed by atoms with Gasteiger partial charge in [-0.25, -0.2) is 0 Å². The van der Waals surface area contributed by atoms with Gasteiger partial charge in [0.2, 0.25) is 0 Å². The molecule has 0 heterocycles. The summed E-state index contributed by atoms with van der Waals surface area (Å²) in [6.07, 6.45) is 0. The highest BCUT2D eigenvalue weighted by atomic mass is 127. The van der Waals surface area contributed by atoms with Gasteiger partial charge in [-0.1, -0.05) is 35.9 Å². The quantitative estimate of drug-likeness (QED) is 0.555. The minimum Gasteiger partial charge on any atom is -0.354 e. The molecular formula is C17H10ClIN2. The second-order valence-electron chi connectivity index (χ2n) is 4.57. The Hall–Kier alpha value is -1.77. The Kier molecular flexibility index (Phi) is 4.00. The fourth-order valence-corrected chi connectivity index (χ4v) is 3.25. The van der Waals surface area contributed by atoms with Crippen molar-refractivity contribution >= 4 is 56.3 Å². The summed E-state index contributed by atoms with van der Waals surface area (Å²) in [6, 6.07) is 19.6. The second kappa shape index (κ2) is 5.92. The Morgan fingerprint density at radius 2 is 1.67 bits per heavy atom. The number of hydrogen-bond donors (Lipinski definition) is 1. The molecule has 0 saturated heterocycles. The maximum Gasteiger partial charge on any atom is 0.0998 e. The third-order valence-corrected chi connectivity index (χ3v) is 4.37. The standard InChI is InChI=1S/C17H10ClIN2/c18-12-6-8-17(15(19)9-12)21-16-7-5-11(10-20)13-3-1-2-4-14(13)16/h1-9,21H. The zero-order valence-corrected chi connectivity index (χ0v) is 13.8. The van der Waals surface area contributed by atoms with Crippen LogP contribution in [0.15, 0.2) is 54.6 Å². The molecule has 0 aliphatic heterocycles. The molecule has 0 atom stereocenters. The van der Waals surface area contributed by atoms with Gasteiger partial charge in [0.15, 0.2) is 0 Å². The molecule has 3 aromatic rings. The van der Waals surface area contributed by atoms with E-state index in [4.69, 9.17) is 11.6 Å². The molecule has 0 fully saturated rings. The number of halogens is 2. The summed E-state index contributed by atoms with van der Waals surface area (Å²) in [7, 11) is 0. The largest absolute Gasteiger partial charge is 0.354 e. The van der Waals surface area contributed by atoms with Crippen molar-refractivity contribution in [3.63, 3.8) is 0 Å². The highest BCUT2D eigenvalue weighted by Crippen LogP contribution is 2.31. The van der Waals surface area contributed by atoms with E-state index < -0.39 is 0 Å². The predicted octanol–water partition coefficient (Wildman–Crippen LogP) is 5.71. The SMILES string of the molecule is N#Cc1ccc(Nc2ccc(Cl)cc2I)c2ccccc12. The van der Waals surface area contributed by atoms with Gasteiger partial charge < -0.3 is 5.32 Å². The van der Waals surface area contributed by atoms with Crippen LogP contribution in [0.2, 0.25) is 5.02 Å².